The molecule has 0 bridgehead atoms. The van der Waals surface area contributed by atoms with E-state index in [1.54, 1.807) is 0 Å². The minimum atomic E-state index is 0. The van der Waals surface area contributed by atoms with Gasteiger partial charge in [-0.25, -0.2) is 0 Å². The van der Waals surface area contributed by atoms with Gasteiger partial charge in [0, 0.05) is 0 Å². The Morgan fingerprint density at radius 3 is 0.375 bits per heavy atom. The van der Waals surface area contributed by atoms with Gasteiger partial charge in [0.25, 0.3) is 0 Å². The molecule has 0 heterocycles. The molecule has 6 N–H and O–H groups in total. The maximum Gasteiger partial charge on any atom is 3.00 e. The van der Waals surface area contributed by atoms with Crippen molar-refractivity contribution in [3.8, 4) is 0 Å². The van der Waals surface area contributed by atoms with Crippen molar-refractivity contribution < 1.29 is 85.5 Å². The Kier molecular flexibility index (Phi) is 8520. The minimum Gasteiger partial charge on any atom is -0.870 e. The summed E-state index contributed by atoms with van der Waals surface area (Å²) in [6.45, 7) is 0. The van der Waals surface area contributed by atoms with Gasteiger partial charge >= 0.3 is 52.7 Å². The summed E-state index contributed by atoms with van der Waals surface area (Å²) < 4.78 is 0. The van der Waals surface area contributed by atoms with E-state index in [0.29, 0.717) is 0 Å². The molecule has 8 heavy (non-hydrogen) atoms. The fraction of sp³-hybridized carbons (Fsp3) is 0. The Balaban J connectivity index is 0. The maximum absolute atomic E-state index is 0. The van der Waals surface area contributed by atoms with E-state index in [9.17, 15) is 0 Å². The molecule has 0 aromatic rings. The van der Waals surface area contributed by atoms with Gasteiger partial charge in [0.1, 0.15) is 0 Å². The normalized spacial score (nSPS) is 0. The average molecular weight is 297 g/mol. The summed E-state index contributed by atoms with van der Waals surface area (Å²) in [7, 11) is 0. The predicted molar refractivity (Wildman–Crippen MR) is 11.6 cm³/mol. The second-order valence-electron chi connectivity index (χ2n) is 0. The third kappa shape index (κ3) is 144. The summed E-state index contributed by atoms with van der Waals surface area (Å²) in [5, 5.41) is 0. The zero-order chi connectivity index (χ0) is 0. The Morgan fingerprint density at radius 1 is 0.375 bits per heavy atom. The van der Waals surface area contributed by atoms with Crippen LogP contribution in [-0.2, 0) is 17.1 Å². The third-order valence-electron chi connectivity index (χ3n) is 0. The first-order valence-corrected chi connectivity index (χ1v) is 0. The largest absolute Gasteiger partial charge is 3.00 e. The molecule has 0 saturated carbocycles. The third-order valence-corrected chi connectivity index (χ3v) is 0. The van der Waals surface area contributed by atoms with Crippen molar-refractivity contribution in [3.63, 3.8) is 0 Å². The smallest absolute Gasteiger partial charge is 0.870 e. The molecule has 0 fully saturated rings. The van der Waals surface area contributed by atoms with Crippen LogP contribution in [0.2, 0.25) is 0 Å². The van der Waals surface area contributed by atoms with E-state index in [1.807, 2.05) is 0 Å². The van der Waals surface area contributed by atoms with Gasteiger partial charge in [-0.15, -0.1) is 0 Å². The van der Waals surface area contributed by atoms with Crippen molar-refractivity contribution in [2.45, 2.75) is 0 Å². The fourth-order valence-corrected chi connectivity index (χ4v) is 0. The van der Waals surface area contributed by atoms with Crippen molar-refractivity contribution in [2.75, 3.05) is 0 Å². The van der Waals surface area contributed by atoms with Crippen molar-refractivity contribution in [3.05, 3.63) is 0 Å². The zero-order valence-electron chi connectivity index (χ0n) is 3.61. The SMILES string of the molecule is [Fe+3].[La+3].[OH-].[OH-].[OH-].[OH-].[OH-].[OH-]. The summed E-state index contributed by atoms with van der Waals surface area (Å²) in [4.78, 5) is 0. The summed E-state index contributed by atoms with van der Waals surface area (Å²) in [5.74, 6) is 0. The van der Waals surface area contributed by atoms with E-state index in [-0.39, 0.29) is 85.5 Å². The van der Waals surface area contributed by atoms with Gasteiger partial charge in [-0.1, -0.05) is 0 Å². The van der Waals surface area contributed by atoms with Gasteiger partial charge in [0.15, 0.2) is 0 Å². The van der Waals surface area contributed by atoms with E-state index in [2.05, 4.69) is 0 Å². The van der Waals surface area contributed by atoms with Gasteiger partial charge in [-0.05, 0) is 0 Å². The first-order valence-electron chi connectivity index (χ1n) is 0. The van der Waals surface area contributed by atoms with Crippen LogP contribution in [0.5, 0.6) is 0 Å². The Labute approximate surface area is 85.0 Å². The molecule has 53 valence electrons. The molecular formula is H6FeLaO6. The zero-order valence-corrected chi connectivity index (χ0v) is 8.34. The maximum atomic E-state index is 0. The molecular weight excluding hydrogens is 291 g/mol. The molecule has 0 aliphatic rings. The predicted octanol–water partition coefficient (Wildman–Crippen LogP) is -1.06. The average Bonchev–Trinajstić information content (AvgIpc) is 0. The van der Waals surface area contributed by atoms with E-state index >= 15 is 0 Å². The molecule has 0 aromatic heterocycles. The van der Waals surface area contributed by atoms with Crippen molar-refractivity contribution in [1.82, 2.24) is 0 Å². The molecule has 6 nitrogen and oxygen atoms in total. The molecule has 8 heteroatoms. The van der Waals surface area contributed by atoms with E-state index < -0.39 is 0 Å². The first kappa shape index (κ1) is 313. The number of hydrogen-bond donors (Lipinski definition) is 0. The van der Waals surface area contributed by atoms with Gasteiger partial charge in [0.2, 0.25) is 0 Å². The molecule has 0 unspecified atom stereocenters. The van der Waals surface area contributed by atoms with Gasteiger partial charge in [0.05, 0.1) is 0 Å². The van der Waals surface area contributed by atoms with Crippen LogP contribution in [0.3, 0.4) is 0 Å². The molecule has 0 aliphatic heterocycles. The fourth-order valence-electron chi connectivity index (χ4n) is 0. The monoisotopic (exact) mass is 297 g/mol. The molecule has 0 amide bonds. The van der Waals surface area contributed by atoms with Gasteiger partial charge < -0.3 is 32.9 Å². The second kappa shape index (κ2) is 218. The minimum absolute atomic E-state index is 0. The molecule has 0 atom stereocenters. The van der Waals surface area contributed by atoms with Crippen molar-refractivity contribution >= 4 is 0 Å². The van der Waals surface area contributed by atoms with Crippen LogP contribution in [0.4, 0.5) is 0 Å². The molecule has 0 saturated heterocycles. The van der Waals surface area contributed by atoms with E-state index in [0.717, 1.165) is 0 Å². The van der Waals surface area contributed by atoms with Crippen LogP contribution in [0.1, 0.15) is 0 Å². The van der Waals surface area contributed by atoms with Gasteiger partial charge in [-0.2, -0.15) is 0 Å². The van der Waals surface area contributed by atoms with Crippen LogP contribution in [0, 0.1) is 35.6 Å². The number of hydrogen-bond acceptors (Lipinski definition) is 6. The Bertz CT molecular complexity index is 8.49. The second-order valence-corrected chi connectivity index (χ2v) is 0. The molecule has 1 radical (unpaired) electrons. The van der Waals surface area contributed by atoms with Gasteiger partial charge in [-0.3, -0.25) is 0 Å². The van der Waals surface area contributed by atoms with E-state index in [1.165, 1.54) is 0 Å². The van der Waals surface area contributed by atoms with Crippen LogP contribution in [0.25, 0.3) is 0 Å². The van der Waals surface area contributed by atoms with E-state index in [4.69, 9.17) is 0 Å². The van der Waals surface area contributed by atoms with Crippen molar-refractivity contribution in [2.24, 2.45) is 0 Å². The topological polar surface area (TPSA) is 180 Å². The quantitative estimate of drug-likeness (QED) is 0.513. The summed E-state index contributed by atoms with van der Waals surface area (Å²) in [6.07, 6.45) is 0. The van der Waals surface area contributed by atoms with Crippen molar-refractivity contribution in [1.29, 1.82) is 0 Å². The van der Waals surface area contributed by atoms with Crippen LogP contribution < -0.4 is 0 Å². The summed E-state index contributed by atoms with van der Waals surface area (Å²) in [5.41, 5.74) is 0. The van der Waals surface area contributed by atoms with Crippen LogP contribution in [0.15, 0.2) is 0 Å². The van der Waals surface area contributed by atoms with Crippen LogP contribution in [-0.4, -0.2) is 32.9 Å². The summed E-state index contributed by atoms with van der Waals surface area (Å²) >= 11 is 0. The molecule has 0 spiro atoms. The standard InChI is InChI=1S/Fe.La.6H2O/h;;6*1H2/q2*+3;;;;;;/p-6. The summed E-state index contributed by atoms with van der Waals surface area (Å²) in [6, 6.07) is 0. The van der Waals surface area contributed by atoms with Crippen LogP contribution >= 0.6 is 0 Å². The number of rotatable bonds is 0. The molecule has 0 aromatic carbocycles. The molecule has 0 aliphatic carbocycles. The first-order chi connectivity index (χ1) is 0. The Hall–Kier alpha value is 1.47. The Morgan fingerprint density at radius 2 is 0.375 bits per heavy atom. The molecule has 0 rings (SSSR count).